The van der Waals surface area contributed by atoms with Gasteiger partial charge in [-0.05, 0) is 26.3 Å². The quantitative estimate of drug-likeness (QED) is 0.497. The monoisotopic (exact) mass is 269 g/mol. The van der Waals surface area contributed by atoms with Crippen molar-refractivity contribution in [2.75, 3.05) is 5.73 Å². The Morgan fingerprint density at radius 2 is 2.11 bits per heavy atom. The van der Waals surface area contributed by atoms with Crippen LogP contribution in [-0.4, -0.2) is 16.4 Å². The molecule has 0 bridgehead atoms. The maximum atomic E-state index is 13.3. The van der Waals surface area contributed by atoms with E-state index in [9.17, 15) is 19.3 Å². The van der Waals surface area contributed by atoms with Gasteiger partial charge in [0.15, 0.2) is 0 Å². The second-order valence-electron chi connectivity index (χ2n) is 4.83. The Morgan fingerprint density at radius 1 is 1.53 bits per heavy atom. The van der Waals surface area contributed by atoms with Gasteiger partial charge in [-0.15, -0.1) is 0 Å². The molecule has 0 radical (unpaired) electrons. The van der Waals surface area contributed by atoms with Crippen LogP contribution in [0.2, 0.25) is 0 Å². The summed E-state index contributed by atoms with van der Waals surface area (Å²) in [6.07, 6.45) is 0.649. The van der Waals surface area contributed by atoms with E-state index in [4.69, 9.17) is 5.73 Å². The molecule has 1 aromatic carbocycles. The number of carbonyl (C=O) groups excluding carboxylic acids is 1. The number of rotatable bonds is 4. The standard InChI is InChI=1S/C12H16FN3O3/c1-4-12(2,3)15-11(17)8-5-7(13)6-9(10(8)14)16(18)19/h5-6H,4,14H2,1-3H3,(H,15,17). The van der Waals surface area contributed by atoms with Crippen LogP contribution >= 0.6 is 0 Å². The average Bonchev–Trinajstić information content (AvgIpc) is 2.30. The van der Waals surface area contributed by atoms with Gasteiger partial charge in [0.05, 0.1) is 16.6 Å². The zero-order valence-corrected chi connectivity index (χ0v) is 11.0. The molecule has 0 spiro atoms. The summed E-state index contributed by atoms with van der Waals surface area (Å²) in [5, 5.41) is 13.4. The average molecular weight is 269 g/mol. The lowest BCUT2D eigenvalue weighted by Gasteiger charge is -2.24. The lowest BCUT2D eigenvalue weighted by molar-refractivity contribution is -0.384. The minimum atomic E-state index is -0.875. The Balaban J connectivity index is 3.21. The first-order valence-electron chi connectivity index (χ1n) is 5.74. The highest BCUT2D eigenvalue weighted by molar-refractivity contribution is 6.01. The van der Waals surface area contributed by atoms with Crippen molar-refractivity contribution in [1.29, 1.82) is 0 Å². The second-order valence-corrected chi connectivity index (χ2v) is 4.83. The van der Waals surface area contributed by atoms with Gasteiger partial charge in [0.2, 0.25) is 0 Å². The van der Waals surface area contributed by atoms with E-state index >= 15 is 0 Å². The number of amides is 1. The summed E-state index contributed by atoms with van der Waals surface area (Å²) in [7, 11) is 0. The number of hydrogen-bond donors (Lipinski definition) is 2. The van der Waals surface area contributed by atoms with E-state index in [-0.39, 0.29) is 11.3 Å². The minimum Gasteiger partial charge on any atom is -0.393 e. The van der Waals surface area contributed by atoms with Crippen LogP contribution in [0, 0.1) is 15.9 Å². The highest BCUT2D eigenvalue weighted by atomic mass is 19.1. The van der Waals surface area contributed by atoms with Gasteiger partial charge in [0.25, 0.3) is 11.6 Å². The van der Waals surface area contributed by atoms with Crippen LogP contribution in [0.5, 0.6) is 0 Å². The molecule has 0 fully saturated rings. The van der Waals surface area contributed by atoms with Crippen LogP contribution in [0.3, 0.4) is 0 Å². The molecule has 1 amide bonds. The van der Waals surface area contributed by atoms with Crippen molar-refractivity contribution in [1.82, 2.24) is 5.32 Å². The number of carbonyl (C=O) groups is 1. The van der Waals surface area contributed by atoms with E-state index in [2.05, 4.69) is 5.32 Å². The first-order chi connectivity index (χ1) is 8.68. The van der Waals surface area contributed by atoms with Gasteiger partial charge < -0.3 is 11.1 Å². The molecular formula is C12H16FN3O3. The van der Waals surface area contributed by atoms with Gasteiger partial charge >= 0.3 is 0 Å². The number of nitro benzene ring substituents is 1. The lowest BCUT2D eigenvalue weighted by Crippen LogP contribution is -2.43. The summed E-state index contributed by atoms with van der Waals surface area (Å²) in [6, 6.07) is 1.58. The van der Waals surface area contributed by atoms with Crippen LogP contribution in [0.15, 0.2) is 12.1 Å². The van der Waals surface area contributed by atoms with Crippen LogP contribution in [0.1, 0.15) is 37.6 Å². The molecule has 7 heteroatoms. The Bertz CT molecular complexity index is 529. The molecule has 104 valence electrons. The molecule has 0 aromatic heterocycles. The molecule has 0 saturated carbocycles. The highest BCUT2D eigenvalue weighted by Gasteiger charge is 2.25. The smallest absolute Gasteiger partial charge is 0.295 e. The fourth-order valence-electron chi connectivity index (χ4n) is 1.41. The van der Waals surface area contributed by atoms with Gasteiger partial charge in [-0.3, -0.25) is 14.9 Å². The molecule has 0 aliphatic rings. The number of nitrogen functional groups attached to an aromatic ring is 1. The zero-order chi connectivity index (χ0) is 14.8. The molecule has 0 aliphatic carbocycles. The molecule has 6 nitrogen and oxygen atoms in total. The molecule has 1 rings (SSSR count). The topological polar surface area (TPSA) is 98.3 Å². The Kier molecular flexibility index (Phi) is 4.08. The summed E-state index contributed by atoms with van der Waals surface area (Å²) in [4.78, 5) is 21.9. The van der Waals surface area contributed by atoms with Crippen LogP contribution in [0.25, 0.3) is 0 Å². The van der Waals surface area contributed by atoms with Gasteiger partial charge in [0.1, 0.15) is 11.5 Å². The number of nitrogens with two attached hydrogens (primary N) is 1. The molecule has 3 N–H and O–H groups in total. The number of anilines is 1. The molecule has 0 unspecified atom stereocenters. The number of nitrogens with one attached hydrogen (secondary N) is 1. The number of halogens is 1. The van der Waals surface area contributed by atoms with E-state index in [1.807, 2.05) is 6.92 Å². The van der Waals surface area contributed by atoms with Gasteiger partial charge in [-0.2, -0.15) is 0 Å². The van der Waals surface area contributed by atoms with Crippen molar-refractivity contribution in [3.63, 3.8) is 0 Å². The summed E-state index contributed by atoms with van der Waals surface area (Å²) in [5.74, 6) is -1.51. The van der Waals surface area contributed by atoms with Crippen LogP contribution in [-0.2, 0) is 0 Å². The Morgan fingerprint density at radius 3 is 2.58 bits per heavy atom. The summed E-state index contributed by atoms with van der Waals surface area (Å²) in [5.41, 5.74) is 3.86. The van der Waals surface area contributed by atoms with Crippen molar-refractivity contribution in [3.8, 4) is 0 Å². The molecular weight excluding hydrogens is 253 g/mol. The molecule has 19 heavy (non-hydrogen) atoms. The zero-order valence-electron chi connectivity index (χ0n) is 11.0. The van der Waals surface area contributed by atoms with Crippen molar-refractivity contribution >= 4 is 17.3 Å². The van der Waals surface area contributed by atoms with Gasteiger partial charge in [-0.1, -0.05) is 6.92 Å². The number of nitrogens with zero attached hydrogens (tertiary/aromatic N) is 1. The third-order valence-corrected chi connectivity index (χ3v) is 2.90. The maximum absolute atomic E-state index is 13.3. The normalized spacial score (nSPS) is 11.2. The Labute approximate surface area is 109 Å². The summed E-state index contributed by atoms with van der Waals surface area (Å²) < 4.78 is 13.3. The molecule has 0 heterocycles. The van der Waals surface area contributed by atoms with E-state index in [0.717, 1.165) is 6.07 Å². The SMILES string of the molecule is CCC(C)(C)NC(=O)c1cc(F)cc([N+](=O)[O-])c1N. The maximum Gasteiger partial charge on any atom is 0.295 e. The fraction of sp³-hybridized carbons (Fsp3) is 0.417. The molecule has 0 aliphatic heterocycles. The highest BCUT2D eigenvalue weighted by Crippen LogP contribution is 2.27. The van der Waals surface area contributed by atoms with E-state index < -0.39 is 27.9 Å². The van der Waals surface area contributed by atoms with Crippen LogP contribution in [0.4, 0.5) is 15.8 Å². The second kappa shape index (κ2) is 5.21. The predicted molar refractivity (Wildman–Crippen MR) is 69.3 cm³/mol. The van der Waals surface area contributed by atoms with E-state index in [0.29, 0.717) is 12.5 Å². The molecule has 1 aromatic rings. The van der Waals surface area contributed by atoms with E-state index in [1.165, 1.54) is 0 Å². The van der Waals surface area contributed by atoms with Crippen molar-refractivity contribution in [3.05, 3.63) is 33.6 Å². The minimum absolute atomic E-state index is 0.228. The molecule has 0 atom stereocenters. The summed E-state index contributed by atoms with van der Waals surface area (Å²) >= 11 is 0. The largest absolute Gasteiger partial charge is 0.393 e. The Hall–Kier alpha value is -2.18. The van der Waals surface area contributed by atoms with Crippen molar-refractivity contribution < 1.29 is 14.1 Å². The van der Waals surface area contributed by atoms with Gasteiger partial charge in [0, 0.05) is 5.54 Å². The third-order valence-electron chi connectivity index (χ3n) is 2.90. The predicted octanol–water partition coefficient (Wildman–Crippen LogP) is 2.23. The van der Waals surface area contributed by atoms with Crippen molar-refractivity contribution in [2.24, 2.45) is 0 Å². The first kappa shape index (κ1) is 14.9. The van der Waals surface area contributed by atoms with E-state index in [1.54, 1.807) is 13.8 Å². The number of hydrogen-bond acceptors (Lipinski definition) is 4. The van der Waals surface area contributed by atoms with Gasteiger partial charge in [-0.25, -0.2) is 4.39 Å². The third kappa shape index (κ3) is 3.40. The fourth-order valence-corrected chi connectivity index (χ4v) is 1.41. The van der Waals surface area contributed by atoms with Crippen LogP contribution < -0.4 is 11.1 Å². The molecule has 0 saturated heterocycles. The summed E-state index contributed by atoms with van der Waals surface area (Å²) in [6.45, 7) is 5.45. The van der Waals surface area contributed by atoms with Crippen molar-refractivity contribution in [2.45, 2.75) is 32.7 Å². The number of benzene rings is 1. The first-order valence-corrected chi connectivity index (χ1v) is 5.74. The lowest BCUT2D eigenvalue weighted by atomic mass is 10.0. The number of nitro groups is 1.